The summed E-state index contributed by atoms with van der Waals surface area (Å²) in [6.07, 6.45) is 2.17. The highest BCUT2D eigenvalue weighted by Crippen LogP contribution is 2.15. The maximum absolute atomic E-state index is 12.2. The first-order chi connectivity index (χ1) is 12.8. The Morgan fingerprint density at radius 3 is 2.48 bits per heavy atom. The largest absolute Gasteiger partial charge is 0.370 e. The molecule has 0 saturated carbocycles. The van der Waals surface area contributed by atoms with E-state index in [4.69, 9.17) is 0 Å². The lowest BCUT2D eigenvalue weighted by Crippen LogP contribution is -2.21. The Labute approximate surface area is 161 Å². The predicted octanol–water partition coefficient (Wildman–Crippen LogP) is 3.80. The van der Waals surface area contributed by atoms with Gasteiger partial charge in [-0.15, -0.1) is 0 Å². The third-order valence-corrected chi connectivity index (χ3v) is 4.18. The van der Waals surface area contributed by atoms with Gasteiger partial charge in [0, 0.05) is 24.0 Å². The van der Waals surface area contributed by atoms with Gasteiger partial charge in [0.2, 0.25) is 5.95 Å². The second kappa shape index (κ2) is 9.87. The van der Waals surface area contributed by atoms with E-state index in [1.54, 1.807) is 0 Å². The summed E-state index contributed by atoms with van der Waals surface area (Å²) in [6.45, 7) is 7.83. The van der Waals surface area contributed by atoms with E-state index >= 15 is 0 Å². The van der Waals surface area contributed by atoms with Gasteiger partial charge in [0.05, 0.1) is 0 Å². The molecule has 7 heteroatoms. The molecule has 2 rings (SSSR count). The van der Waals surface area contributed by atoms with Crippen molar-refractivity contribution in [1.29, 1.82) is 0 Å². The number of unbranched alkanes of at least 4 members (excludes halogenated alkanes) is 1. The van der Waals surface area contributed by atoms with Gasteiger partial charge in [0.1, 0.15) is 5.82 Å². The lowest BCUT2D eigenvalue weighted by atomic mass is 10.1. The van der Waals surface area contributed by atoms with E-state index in [1.165, 1.54) is 5.56 Å². The highest BCUT2D eigenvalue weighted by molar-refractivity contribution is 5.98. The lowest BCUT2D eigenvalue weighted by Gasteiger charge is -2.12. The molecule has 0 aliphatic carbocycles. The molecule has 0 fully saturated rings. The number of hydrogen-bond acceptors (Lipinski definition) is 5. The van der Waals surface area contributed by atoms with Gasteiger partial charge in [-0.3, -0.25) is 5.32 Å². The predicted molar refractivity (Wildman–Crippen MR) is 112 cm³/mol. The van der Waals surface area contributed by atoms with E-state index in [0.29, 0.717) is 5.82 Å². The van der Waals surface area contributed by atoms with Crippen molar-refractivity contribution in [3.05, 3.63) is 41.1 Å². The fraction of sp³-hybridized carbons (Fsp3) is 0.450. The normalized spacial score (nSPS) is 10.7. The maximum atomic E-state index is 12.2. The number of urea groups is 1. The first-order valence-electron chi connectivity index (χ1n) is 9.23. The zero-order valence-corrected chi connectivity index (χ0v) is 16.9. The lowest BCUT2D eigenvalue weighted by molar-refractivity contribution is 0.262. The van der Waals surface area contributed by atoms with Crippen LogP contribution in [0.4, 0.5) is 22.2 Å². The van der Waals surface area contributed by atoms with Crippen LogP contribution in [-0.4, -0.2) is 48.1 Å². The van der Waals surface area contributed by atoms with Crippen LogP contribution in [0.3, 0.4) is 0 Å². The van der Waals surface area contributed by atoms with Gasteiger partial charge in [0.25, 0.3) is 0 Å². The minimum atomic E-state index is -0.360. The van der Waals surface area contributed by atoms with Crippen LogP contribution in [-0.2, 0) is 0 Å². The number of nitrogens with one attached hydrogen (secondary N) is 3. The van der Waals surface area contributed by atoms with Crippen molar-refractivity contribution in [1.82, 2.24) is 14.9 Å². The van der Waals surface area contributed by atoms with Crippen LogP contribution in [0.5, 0.6) is 0 Å². The third-order valence-electron chi connectivity index (χ3n) is 4.18. The van der Waals surface area contributed by atoms with Crippen molar-refractivity contribution in [3.8, 4) is 0 Å². The Balaban J connectivity index is 1.90. The summed E-state index contributed by atoms with van der Waals surface area (Å²) in [5.41, 5.74) is 3.84. The molecule has 3 N–H and O–H groups in total. The van der Waals surface area contributed by atoms with Crippen LogP contribution in [0, 0.1) is 20.8 Å². The fourth-order valence-electron chi connectivity index (χ4n) is 2.57. The van der Waals surface area contributed by atoms with Gasteiger partial charge in [-0.2, -0.15) is 4.98 Å². The first kappa shape index (κ1) is 20.6. The summed E-state index contributed by atoms with van der Waals surface area (Å²) in [5, 5.41) is 8.81. The van der Waals surface area contributed by atoms with Crippen molar-refractivity contribution in [2.75, 3.05) is 43.1 Å². The molecule has 1 heterocycles. The van der Waals surface area contributed by atoms with Gasteiger partial charge in [-0.1, -0.05) is 6.07 Å². The number of aryl methyl sites for hydroxylation is 3. The molecule has 0 bridgehead atoms. The summed E-state index contributed by atoms with van der Waals surface area (Å²) in [5.74, 6) is 1.00. The minimum Gasteiger partial charge on any atom is -0.370 e. The molecule has 0 spiro atoms. The topological polar surface area (TPSA) is 82.2 Å². The van der Waals surface area contributed by atoms with Gasteiger partial charge >= 0.3 is 6.03 Å². The third kappa shape index (κ3) is 7.22. The molecule has 0 aliphatic heterocycles. The van der Waals surface area contributed by atoms with Gasteiger partial charge in [-0.05, 0) is 77.5 Å². The van der Waals surface area contributed by atoms with E-state index in [2.05, 4.69) is 44.9 Å². The summed E-state index contributed by atoms with van der Waals surface area (Å²) >= 11 is 0. The average molecular weight is 371 g/mol. The Hall–Kier alpha value is -2.67. The number of anilines is 3. The Morgan fingerprint density at radius 2 is 1.78 bits per heavy atom. The van der Waals surface area contributed by atoms with Crippen molar-refractivity contribution < 1.29 is 4.79 Å². The smallest absolute Gasteiger partial charge is 0.326 e. The molecule has 0 atom stereocenters. The molecule has 0 saturated heterocycles. The summed E-state index contributed by atoms with van der Waals surface area (Å²) < 4.78 is 0. The molecule has 0 radical (unpaired) electrons. The number of amides is 2. The van der Waals surface area contributed by atoms with Crippen LogP contribution in [0.25, 0.3) is 0 Å². The number of hydrogen-bond donors (Lipinski definition) is 3. The second-order valence-electron chi connectivity index (χ2n) is 7.03. The molecular weight excluding hydrogens is 340 g/mol. The minimum absolute atomic E-state index is 0.284. The molecule has 2 amide bonds. The summed E-state index contributed by atoms with van der Waals surface area (Å²) in [6, 6.07) is 7.30. The zero-order valence-electron chi connectivity index (χ0n) is 16.9. The molecule has 27 heavy (non-hydrogen) atoms. The van der Waals surface area contributed by atoms with Crippen LogP contribution in [0.2, 0.25) is 0 Å². The summed E-state index contributed by atoms with van der Waals surface area (Å²) in [7, 11) is 4.14. The van der Waals surface area contributed by atoms with Crippen molar-refractivity contribution in [2.45, 2.75) is 33.6 Å². The van der Waals surface area contributed by atoms with Gasteiger partial charge < -0.3 is 15.5 Å². The fourth-order valence-corrected chi connectivity index (χ4v) is 2.57. The van der Waals surface area contributed by atoms with Crippen molar-refractivity contribution >= 4 is 23.5 Å². The van der Waals surface area contributed by atoms with E-state index < -0.39 is 0 Å². The van der Waals surface area contributed by atoms with Crippen LogP contribution < -0.4 is 16.0 Å². The average Bonchev–Trinajstić information content (AvgIpc) is 2.57. The molecular formula is C20H30N6O. The molecule has 146 valence electrons. The monoisotopic (exact) mass is 370 g/mol. The van der Waals surface area contributed by atoms with Crippen LogP contribution in [0.1, 0.15) is 29.7 Å². The number of nitrogens with zero attached hydrogens (tertiary/aromatic N) is 3. The molecule has 0 aliphatic rings. The number of carbonyl (C=O) groups excluding carboxylic acids is 1. The van der Waals surface area contributed by atoms with Crippen molar-refractivity contribution in [2.24, 2.45) is 0 Å². The van der Waals surface area contributed by atoms with Crippen molar-refractivity contribution in [3.63, 3.8) is 0 Å². The molecule has 1 aromatic heterocycles. The van der Waals surface area contributed by atoms with Crippen LogP contribution in [0.15, 0.2) is 24.3 Å². The standard InChI is InChI=1S/C20H30N6O/c1-14-8-9-17(12-15(14)2)23-20(27)25-19-22-16(3)13-18(24-19)21-10-6-7-11-26(4)5/h8-9,12-13H,6-7,10-11H2,1-5H3,(H3,21,22,23,24,25,27). The number of aromatic nitrogens is 2. The number of rotatable bonds is 8. The maximum Gasteiger partial charge on any atom is 0.326 e. The van der Waals surface area contributed by atoms with Gasteiger partial charge in [-0.25, -0.2) is 9.78 Å². The number of benzene rings is 1. The van der Waals surface area contributed by atoms with Gasteiger partial charge in [0.15, 0.2) is 0 Å². The second-order valence-corrected chi connectivity index (χ2v) is 7.03. The van der Waals surface area contributed by atoms with E-state index in [-0.39, 0.29) is 12.0 Å². The summed E-state index contributed by atoms with van der Waals surface area (Å²) in [4.78, 5) is 23.1. The molecule has 2 aromatic rings. The quantitative estimate of drug-likeness (QED) is 0.616. The Bertz CT molecular complexity index is 775. The highest BCUT2D eigenvalue weighted by Gasteiger charge is 2.08. The SMILES string of the molecule is Cc1cc(NCCCCN(C)C)nc(NC(=O)Nc2ccc(C)c(C)c2)n1. The van der Waals surface area contributed by atoms with E-state index in [1.807, 2.05) is 45.0 Å². The van der Waals surface area contributed by atoms with Crippen LogP contribution >= 0.6 is 0 Å². The zero-order chi connectivity index (χ0) is 19.8. The van der Waals surface area contributed by atoms with E-state index in [0.717, 1.165) is 42.9 Å². The molecule has 0 unspecified atom stereocenters. The Morgan fingerprint density at radius 1 is 1.00 bits per heavy atom. The number of carbonyl (C=O) groups is 1. The molecule has 7 nitrogen and oxygen atoms in total. The Kier molecular flexibility index (Phi) is 7.55. The highest BCUT2D eigenvalue weighted by atomic mass is 16.2. The first-order valence-corrected chi connectivity index (χ1v) is 9.23. The van der Waals surface area contributed by atoms with E-state index in [9.17, 15) is 4.79 Å². The molecule has 1 aromatic carbocycles.